The smallest absolute Gasteiger partial charge is 0 e. The Morgan fingerprint density at radius 3 is 2.13 bits per heavy atom. The molecule has 0 saturated heterocycles. The van der Waals surface area contributed by atoms with Crippen molar-refractivity contribution >= 4 is 39.6 Å². The fraction of sp³-hybridized carbons (Fsp3) is 0.167. The van der Waals surface area contributed by atoms with Crippen LogP contribution in [0.4, 0.5) is 0 Å². The molecule has 5 aromatic carbocycles. The molecule has 3 aromatic heterocycles. The summed E-state index contributed by atoms with van der Waals surface area (Å²) in [7, 11) is 0. The van der Waals surface area contributed by atoms with Crippen LogP contribution in [0.1, 0.15) is 41.9 Å². The van der Waals surface area contributed by atoms with E-state index in [-0.39, 0.29) is 20.1 Å². The molecule has 0 unspecified atom stereocenters. The van der Waals surface area contributed by atoms with Gasteiger partial charge in [-0.15, -0.1) is 18.2 Å². The van der Waals surface area contributed by atoms with E-state index in [1.807, 2.05) is 105 Å². The Morgan fingerprint density at radius 2 is 1.47 bits per heavy atom. The molecule has 0 N–H and O–H groups in total. The van der Waals surface area contributed by atoms with Crippen LogP contribution in [-0.2, 0) is 20.1 Å². The normalized spacial score (nSPS) is 12.9. The fourth-order valence-electron chi connectivity index (χ4n) is 6.70. The maximum absolute atomic E-state index is 8.34. The van der Waals surface area contributed by atoms with E-state index in [1.165, 1.54) is 9.96 Å². The molecule has 0 bridgehead atoms. The zero-order valence-electron chi connectivity index (χ0n) is 34.8. The van der Waals surface area contributed by atoms with Gasteiger partial charge in [-0.25, -0.2) is 0 Å². The van der Waals surface area contributed by atoms with Gasteiger partial charge in [-0.2, -0.15) is 0 Å². The summed E-state index contributed by atoms with van der Waals surface area (Å²) in [5.41, 5.74) is 11.2. The minimum Gasteiger partial charge on any atom is 0 e. The van der Waals surface area contributed by atoms with Crippen molar-refractivity contribution < 1.29 is 30.0 Å². The van der Waals surface area contributed by atoms with E-state index in [0.717, 1.165) is 66.7 Å². The van der Waals surface area contributed by atoms with E-state index in [4.69, 9.17) is 9.90 Å². The molecule has 5 heteroatoms. The average Bonchev–Trinajstić information content (AvgIpc) is 3.57. The first kappa shape index (κ1) is 33.0. The molecule has 3 heterocycles. The van der Waals surface area contributed by atoms with Crippen LogP contribution in [0.15, 0.2) is 138 Å². The Morgan fingerprint density at radius 1 is 0.755 bits per heavy atom. The standard InChI is InChI=1S/C26H20NO.C22H24GeN.Ir/c1-17(2)19-14-15-27-23(16-19)21-11-6-12-22-25-20(18-8-4-3-5-9-18)10-7-13-24(25)28-26(21)22;1-16-11-12-19(14-20(16)18-9-7-6-8-10-18)22-13-17(2)21(15-24-22)23(3,4)5;/h3-10,12-17H,1-2H3;6-11,13-15H,1-5H3;/q2*-1;/i17D;1D3;. The van der Waals surface area contributed by atoms with Crippen LogP contribution in [0, 0.1) is 25.9 Å². The number of nitrogens with zero attached hydrogens (tertiary/aromatic N) is 2. The molecule has 0 fully saturated rings. The molecule has 53 heavy (non-hydrogen) atoms. The molecule has 3 nitrogen and oxygen atoms in total. The zero-order valence-corrected chi connectivity index (χ0v) is 35.3. The largest absolute Gasteiger partial charge is 0 e. The molecular weight excluding hydrogens is 885 g/mol. The van der Waals surface area contributed by atoms with Crippen LogP contribution in [0.3, 0.4) is 0 Å². The van der Waals surface area contributed by atoms with E-state index >= 15 is 0 Å². The number of benzene rings is 5. The molecule has 0 saturated carbocycles. The Kier molecular flexibility index (Phi) is 10.1. The number of furan rings is 1. The molecule has 8 aromatic rings. The maximum atomic E-state index is 8.34. The molecule has 1 radical (unpaired) electrons. The minimum atomic E-state index is -2.19. The third-order valence-corrected chi connectivity index (χ3v) is 13.9. The second-order valence-electron chi connectivity index (χ2n) is 14.3. The summed E-state index contributed by atoms with van der Waals surface area (Å²) in [5, 5.41) is 2.14. The van der Waals surface area contributed by atoms with Gasteiger partial charge in [-0.1, -0.05) is 78.9 Å². The second-order valence-corrected chi connectivity index (χ2v) is 24.9. The van der Waals surface area contributed by atoms with Crippen molar-refractivity contribution in [2.75, 3.05) is 0 Å². The SMILES string of the molecule is [2H]C(C)(C)c1ccnc(-c2[c-]ccc3c2oc2cccc(-c4ccccc4)c23)c1.[2H]C([2H])([2H])c1c[c-]c(-c2cc(C)[c]([Ge]([CH3])([CH3])[CH3])cn2)cc1-c1ccccc1.[Ir]. The minimum absolute atomic E-state index is 0. The van der Waals surface area contributed by atoms with Crippen molar-refractivity contribution in [1.29, 1.82) is 0 Å². The first-order valence-corrected chi connectivity index (χ1v) is 24.9. The topological polar surface area (TPSA) is 38.9 Å². The molecule has 0 aliphatic heterocycles. The number of fused-ring (bicyclic) bond motifs is 3. The van der Waals surface area contributed by atoms with Crippen LogP contribution in [0.25, 0.3) is 66.7 Å². The monoisotopic (exact) mass is 935 g/mol. The number of aromatic nitrogens is 2. The van der Waals surface area contributed by atoms with Gasteiger partial charge in [-0.3, -0.25) is 0 Å². The Hall–Kier alpha value is -4.61. The van der Waals surface area contributed by atoms with Crippen LogP contribution in [0.2, 0.25) is 17.3 Å². The maximum Gasteiger partial charge on any atom is 0 e. The summed E-state index contributed by atoms with van der Waals surface area (Å²) in [4.78, 5) is 9.23. The quantitative estimate of drug-likeness (QED) is 0.123. The average molecular weight is 934 g/mol. The Balaban J connectivity index is 0.000000190. The molecule has 267 valence electrons. The predicted molar refractivity (Wildman–Crippen MR) is 222 cm³/mol. The van der Waals surface area contributed by atoms with Crippen molar-refractivity contribution in [3.8, 4) is 44.8 Å². The van der Waals surface area contributed by atoms with Crippen LogP contribution < -0.4 is 4.40 Å². The van der Waals surface area contributed by atoms with Gasteiger partial charge in [0.2, 0.25) is 0 Å². The van der Waals surface area contributed by atoms with Crippen LogP contribution in [-0.4, -0.2) is 23.2 Å². The number of hydrogen-bond donors (Lipinski definition) is 0. The van der Waals surface area contributed by atoms with Crippen molar-refractivity contribution in [2.24, 2.45) is 0 Å². The van der Waals surface area contributed by atoms with E-state index in [2.05, 4.69) is 76.6 Å². The van der Waals surface area contributed by atoms with Crippen LogP contribution in [0.5, 0.6) is 0 Å². The third-order valence-electron chi connectivity index (χ3n) is 9.37. The summed E-state index contributed by atoms with van der Waals surface area (Å²) in [6.07, 6.45) is 3.75. The van der Waals surface area contributed by atoms with Gasteiger partial charge in [0.15, 0.2) is 0 Å². The summed E-state index contributed by atoms with van der Waals surface area (Å²) < 4.78 is 39.7. The molecule has 0 aliphatic rings. The number of hydrogen-bond acceptors (Lipinski definition) is 3. The molecule has 0 aliphatic carbocycles. The molecule has 8 rings (SSSR count). The molecular formula is C48H44GeIrN2O-2. The van der Waals surface area contributed by atoms with Crippen molar-refractivity contribution in [3.63, 3.8) is 0 Å². The molecule has 0 amide bonds. The first-order valence-electron chi connectivity index (χ1n) is 19.6. The van der Waals surface area contributed by atoms with Gasteiger partial charge < -0.3 is 9.40 Å². The molecule has 0 atom stereocenters. The summed E-state index contributed by atoms with van der Waals surface area (Å²) in [5.74, 6) is 6.37. The van der Waals surface area contributed by atoms with Gasteiger partial charge in [-0.05, 0) is 34.8 Å². The van der Waals surface area contributed by atoms with Crippen molar-refractivity contribution in [2.45, 2.75) is 50.8 Å². The van der Waals surface area contributed by atoms with Crippen molar-refractivity contribution in [1.82, 2.24) is 9.97 Å². The number of pyridine rings is 2. The van der Waals surface area contributed by atoms with Gasteiger partial charge in [0.05, 0.1) is 5.58 Å². The van der Waals surface area contributed by atoms with Gasteiger partial charge in [0.1, 0.15) is 5.58 Å². The zero-order chi connectivity index (χ0) is 39.8. The fourth-order valence-corrected chi connectivity index (χ4v) is 10.3. The van der Waals surface area contributed by atoms with Gasteiger partial charge in [0.25, 0.3) is 0 Å². The summed E-state index contributed by atoms with van der Waals surface area (Å²) in [6.45, 7) is 3.70. The second kappa shape index (κ2) is 16.2. The van der Waals surface area contributed by atoms with Crippen LogP contribution >= 0.6 is 0 Å². The summed E-state index contributed by atoms with van der Waals surface area (Å²) in [6, 6.07) is 46.0. The van der Waals surface area contributed by atoms with E-state index in [1.54, 1.807) is 12.3 Å². The van der Waals surface area contributed by atoms with E-state index in [0.29, 0.717) is 11.1 Å². The van der Waals surface area contributed by atoms with Gasteiger partial charge in [0, 0.05) is 33.1 Å². The third kappa shape index (κ3) is 8.16. The summed E-state index contributed by atoms with van der Waals surface area (Å²) >= 11 is -1.96. The Labute approximate surface area is 335 Å². The first-order chi connectivity index (χ1) is 26.6. The molecule has 0 spiro atoms. The Bertz CT molecular complexity index is 2660. The predicted octanol–water partition coefficient (Wildman–Crippen LogP) is 12.6. The van der Waals surface area contributed by atoms with Crippen molar-refractivity contribution in [3.05, 3.63) is 163 Å². The number of aryl methyl sites for hydroxylation is 2. The number of rotatable bonds is 6. The van der Waals surface area contributed by atoms with Gasteiger partial charge >= 0.3 is 152 Å². The van der Waals surface area contributed by atoms with E-state index in [9.17, 15) is 0 Å². The van der Waals surface area contributed by atoms with E-state index < -0.39 is 26.0 Å².